The van der Waals surface area contributed by atoms with Crippen molar-refractivity contribution in [2.75, 3.05) is 6.54 Å². The fourth-order valence-corrected chi connectivity index (χ4v) is 4.87. The van der Waals surface area contributed by atoms with E-state index in [1.807, 2.05) is 6.07 Å². The Balaban J connectivity index is 1.47. The second-order valence-corrected chi connectivity index (χ2v) is 8.22. The molecule has 3 heterocycles. The van der Waals surface area contributed by atoms with Crippen molar-refractivity contribution in [3.8, 4) is 11.5 Å². The van der Waals surface area contributed by atoms with Crippen LogP contribution in [0.1, 0.15) is 59.0 Å². The van der Waals surface area contributed by atoms with E-state index in [9.17, 15) is 9.90 Å². The van der Waals surface area contributed by atoms with Crippen molar-refractivity contribution in [1.29, 1.82) is 0 Å². The zero-order chi connectivity index (χ0) is 18.9. The van der Waals surface area contributed by atoms with Gasteiger partial charge in [0.1, 0.15) is 0 Å². The summed E-state index contributed by atoms with van der Waals surface area (Å²) in [5, 5.41) is 16.7. The molecule has 3 aromatic rings. The van der Waals surface area contributed by atoms with Gasteiger partial charge in [0, 0.05) is 27.8 Å². The first-order valence-corrected chi connectivity index (χ1v) is 9.96. The summed E-state index contributed by atoms with van der Waals surface area (Å²) in [7, 11) is 0. The van der Waals surface area contributed by atoms with E-state index < -0.39 is 6.10 Å². The molecule has 1 aliphatic carbocycles. The van der Waals surface area contributed by atoms with Gasteiger partial charge in [-0.2, -0.15) is 0 Å². The highest BCUT2D eigenvalue weighted by molar-refractivity contribution is 7.12. The van der Waals surface area contributed by atoms with Crippen molar-refractivity contribution < 1.29 is 18.8 Å². The van der Waals surface area contributed by atoms with E-state index in [1.165, 1.54) is 4.88 Å². The monoisotopic (exact) mass is 386 g/mol. The van der Waals surface area contributed by atoms with Crippen LogP contribution < -0.4 is 5.32 Å². The molecule has 142 valence electrons. The highest BCUT2D eigenvalue weighted by Gasteiger charge is 2.37. The Morgan fingerprint density at radius 2 is 2.15 bits per heavy atom. The molecule has 1 fully saturated rings. The van der Waals surface area contributed by atoms with Crippen LogP contribution in [-0.4, -0.2) is 22.7 Å². The number of nitrogens with zero attached hydrogens (tertiary/aromatic N) is 1. The standard InChI is InChI=1S/C20H22N2O4S/c1-13(23)17-6-7-18(27-17)20(8-2-3-9-20)12-21-19(24)14-11-16(26-22-14)15-5-4-10-25-15/h4-7,10-11,13,23H,2-3,8-9,12H2,1H3,(H,21,24)/t13-/m1/s1. The Labute approximate surface area is 161 Å². The van der Waals surface area contributed by atoms with Crippen molar-refractivity contribution in [2.24, 2.45) is 0 Å². The maximum absolute atomic E-state index is 12.6. The summed E-state index contributed by atoms with van der Waals surface area (Å²) < 4.78 is 10.5. The van der Waals surface area contributed by atoms with Crippen molar-refractivity contribution in [3.63, 3.8) is 0 Å². The molecular weight excluding hydrogens is 364 g/mol. The van der Waals surface area contributed by atoms with Gasteiger partial charge in [-0.05, 0) is 44.0 Å². The molecule has 0 radical (unpaired) electrons. The zero-order valence-electron chi connectivity index (χ0n) is 15.1. The molecule has 4 rings (SSSR count). The minimum Gasteiger partial charge on any atom is -0.461 e. The fraction of sp³-hybridized carbons (Fsp3) is 0.400. The van der Waals surface area contributed by atoms with E-state index in [1.54, 1.807) is 42.7 Å². The summed E-state index contributed by atoms with van der Waals surface area (Å²) in [5.74, 6) is 0.716. The summed E-state index contributed by atoms with van der Waals surface area (Å²) in [6.45, 7) is 2.33. The minimum absolute atomic E-state index is 0.0684. The normalized spacial score (nSPS) is 17.1. The third-order valence-corrected chi connectivity index (χ3v) is 6.72. The van der Waals surface area contributed by atoms with Gasteiger partial charge in [0.15, 0.2) is 11.5 Å². The fourth-order valence-electron chi connectivity index (χ4n) is 3.68. The molecule has 0 aliphatic heterocycles. The molecule has 1 aliphatic rings. The van der Waals surface area contributed by atoms with Crippen LogP contribution in [-0.2, 0) is 5.41 Å². The van der Waals surface area contributed by atoms with E-state index >= 15 is 0 Å². The maximum atomic E-state index is 12.6. The van der Waals surface area contributed by atoms with Crippen LogP contribution in [0, 0.1) is 0 Å². The molecule has 27 heavy (non-hydrogen) atoms. The van der Waals surface area contributed by atoms with Crippen molar-refractivity contribution >= 4 is 17.2 Å². The van der Waals surface area contributed by atoms with Gasteiger partial charge in [0.05, 0.1) is 12.4 Å². The first-order chi connectivity index (χ1) is 13.1. The number of hydrogen-bond acceptors (Lipinski definition) is 6. The first-order valence-electron chi connectivity index (χ1n) is 9.14. The summed E-state index contributed by atoms with van der Waals surface area (Å²) in [5.41, 5.74) is 0.173. The number of hydrogen-bond donors (Lipinski definition) is 2. The maximum Gasteiger partial charge on any atom is 0.273 e. The number of furan rings is 1. The number of nitrogens with one attached hydrogen (secondary N) is 1. The second-order valence-electron chi connectivity index (χ2n) is 7.10. The van der Waals surface area contributed by atoms with Gasteiger partial charge in [-0.15, -0.1) is 11.3 Å². The van der Waals surface area contributed by atoms with Crippen LogP contribution >= 0.6 is 11.3 Å². The molecule has 1 atom stereocenters. The van der Waals surface area contributed by atoms with Crippen LogP contribution in [0.25, 0.3) is 11.5 Å². The molecule has 0 unspecified atom stereocenters. The Morgan fingerprint density at radius 1 is 1.33 bits per heavy atom. The molecule has 2 N–H and O–H groups in total. The third-order valence-electron chi connectivity index (χ3n) is 5.22. The Bertz CT molecular complexity index is 904. The van der Waals surface area contributed by atoms with Crippen LogP contribution in [0.2, 0.25) is 0 Å². The quantitative estimate of drug-likeness (QED) is 0.660. The second kappa shape index (κ2) is 7.32. The average Bonchev–Trinajstić information content (AvgIpc) is 3.46. The first kappa shape index (κ1) is 18.0. The molecule has 0 saturated heterocycles. The van der Waals surface area contributed by atoms with E-state index in [0.717, 1.165) is 30.6 Å². The molecule has 1 amide bonds. The number of carbonyl (C=O) groups excluding carboxylic acids is 1. The van der Waals surface area contributed by atoms with Gasteiger partial charge in [0.25, 0.3) is 5.91 Å². The van der Waals surface area contributed by atoms with Crippen molar-refractivity contribution in [3.05, 3.63) is 52.0 Å². The molecule has 0 bridgehead atoms. The lowest BCUT2D eigenvalue weighted by Gasteiger charge is -2.28. The van der Waals surface area contributed by atoms with Crippen LogP contribution in [0.4, 0.5) is 0 Å². The number of aliphatic hydroxyl groups is 1. The highest BCUT2D eigenvalue weighted by Crippen LogP contribution is 2.44. The van der Waals surface area contributed by atoms with Crippen LogP contribution in [0.3, 0.4) is 0 Å². The van der Waals surface area contributed by atoms with E-state index in [4.69, 9.17) is 8.94 Å². The van der Waals surface area contributed by atoms with Gasteiger partial charge in [0.2, 0.25) is 5.76 Å². The molecule has 1 saturated carbocycles. The Hall–Kier alpha value is -2.38. The number of aliphatic hydroxyl groups excluding tert-OH is 1. The largest absolute Gasteiger partial charge is 0.461 e. The number of amides is 1. The van der Waals surface area contributed by atoms with Crippen LogP contribution in [0.15, 0.2) is 45.5 Å². The van der Waals surface area contributed by atoms with Crippen LogP contribution in [0.5, 0.6) is 0 Å². The topological polar surface area (TPSA) is 88.5 Å². The molecule has 0 spiro atoms. The van der Waals surface area contributed by atoms with E-state index in [-0.39, 0.29) is 17.0 Å². The zero-order valence-corrected chi connectivity index (χ0v) is 15.9. The smallest absolute Gasteiger partial charge is 0.273 e. The Morgan fingerprint density at radius 3 is 2.81 bits per heavy atom. The predicted molar refractivity (Wildman–Crippen MR) is 102 cm³/mol. The summed E-state index contributed by atoms with van der Waals surface area (Å²) in [4.78, 5) is 14.8. The summed E-state index contributed by atoms with van der Waals surface area (Å²) in [6, 6.07) is 9.18. The van der Waals surface area contributed by atoms with Gasteiger partial charge in [-0.25, -0.2) is 0 Å². The molecular formula is C20H22N2O4S. The SMILES string of the molecule is C[C@@H](O)c1ccc(C2(CNC(=O)c3cc(-c4ccco4)on3)CCCC2)s1. The minimum atomic E-state index is -0.466. The molecule has 7 heteroatoms. The van der Waals surface area contributed by atoms with E-state index in [2.05, 4.69) is 16.5 Å². The molecule has 3 aromatic heterocycles. The van der Waals surface area contributed by atoms with Crippen molar-refractivity contribution in [1.82, 2.24) is 10.5 Å². The lowest BCUT2D eigenvalue weighted by Crippen LogP contribution is -2.38. The average molecular weight is 386 g/mol. The predicted octanol–water partition coefficient (Wildman–Crippen LogP) is 4.29. The summed E-state index contributed by atoms with van der Waals surface area (Å²) >= 11 is 1.64. The lowest BCUT2D eigenvalue weighted by molar-refractivity contribution is 0.0934. The van der Waals surface area contributed by atoms with Gasteiger partial charge in [-0.1, -0.05) is 18.0 Å². The van der Waals surface area contributed by atoms with Crippen molar-refractivity contribution in [2.45, 2.75) is 44.1 Å². The number of aromatic nitrogens is 1. The third kappa shape index (κ3) is 3.57. The number of thiophene rings is 1. The molecule has 0 aromatic carbocycles. The van der Waals surface area contributed by atoms with E-state index in [0.29, 0.717) is 18.1 Å². The summed E-state index contributed by atoms with van der Waals surface area (Å²) in [6.07, 6.45) is 5.43. The number of rotatable bonds is 6. The van der Waals surface area contributed by atoms with Gasteiger partial charge < -0.3 is 19.4 Å². The molecule has 6 nitrogen and oxygen atoms in total. The lowest BCUT2D eigenvalue weighted by atomic mass is 9.84. The number of carbonyl (C=O) groups is 1. The highest BCUT2D eigenvalue weighted by atomic mass is 32.1. The van der Waals surface area contributed by atoms with Gasteiger partial charge >= 0.3 is 0 Å². The Kier molecular flexibility index (Phi) is 4.88. The van der Waals surface area contributed by atoms with Gasteiger partial charge in [-0.3, -0.25) is 4.79 Å².